The molecule has 2 aromatic rings. The van der Waals surface area contributed by atoms with E-state index in [1.54, 1.807) is 24.1 Å². The third kappa shape index (κ3) is 2.26. The van der Waals surface area contributed by atoms with Gasteiger partial charge in [0.1, 0.15) is 6.33 Å². The molecule has 2 heterocycles. The Kier molecular flexibility index (Phi) is 3.06. The first kappa shape index (κ1) is 11.1. The minimum Gasteiger partial charge on any atom is -0.489 e. The third-order valence-electron chi connectivity index (χ3n) is 2.01. The van der Waals surface area contributed by atoms with Gasteiger partial charge in [-0.25, -0.2) is 10.8 Å². The van der Waals surface area contributed by atoms with E-state index >= 15 is 0 Å². The average molecular weight is 236 g/mol. The zero-order valence-corrected chi connectivity index (χ0v) is 9.41. The van der Waals surface area contributed by atoms with Crippen LogP contribution in [0.2, 0.25) is 0 Å². The largest absolute Gasteiger partial charge is 0.489 e. The van der Waals surface area contributed by atoms with E-state index in [2.05, 4.69) is 20.5 Å². The van der Waals surface area contributed by atoms with Gasteiger partial charge < -0.3 is 14.9 Å². The molecule has 0 aliphatic rings. The smallest absolute Gasteiger partial charge is 0.268 e. The predicted octanol–water partition coefficient (Wildman–Crippen LogP) is 0.297. The monoisotopic (exact) mass is 236 g/mol. The molecule has 8 heteroatoms. The number of methoxy groups -OCH3 is 1. The van der Waals surface area contributed by atoms with Crippen molar-refractivity contribution < 1.29 is 9.47 Å². The van der Waals surface area contributed by atoms with E-state index in [1.165, 1.54) is 13.4 Å². The Bertz CT molecular complexity index is 512. The number of hydrogen-bond donors (Lipinski definition) is 2. The first-order valence-corrected chi connectivity index (χ1v) is 4.76. The molecule has 8 nitrogen and oxygen atoms in total. The van der Waals surface area contributed by atoms with Crippen molar-refractivity contribution in [3.63, 3.8) is 0 Å². The molecule has 0 bridgehead atoms. The van der Waals surface area contributed by atoms with Crippen molar-refractivity contribution in [3.8, 4) is 17.4 Å². The van der Waals surface area contributed by atoms with Gasteiger partial charge in [0, 0.05) is 7.05 Å². The average Bonchev–Trinajstić information content (AvgIpc) is 2.74. The van der Waals surface area contributed by atoms with E-state index in [0.717, 1.165) is 0 Å². The Hall–Kier alpha value is -2.35. The lowest BCUT2D eigenvalue weighted by Gasteiger charge is -2.10. The maximum atomic E-state index is 5.51. The number of nitrogens with two attached hydrogens (primary N) is 1. The summed E-state index contributed by atoms with van der Waals surface area (Å²) in [7, 11) is 3.27. The zero-order valence-electron chi connectivity index (χ0n) is 9.41. The van der Waals surface area contributed by atoms with Gasteiger partial charge >= 0.3 is 0 Å². The molecule has 2 aromatic heterocycles. The number of aryl methyl sites for hydroxylation is 1. The number of aromatic nitrogens is 4. The van der Waals surface area contributed by atoms with E-state index < -0.39 is 0 Å². The van der Waals surface area contributed by atoms with Gasteiger partial charge in [-0.05, 0) is 0 Å². The van der Waals surface area contributed by atoms with Crippen LogP contribution in [0.3, 0.4) is 0 Å². The van der Waals surface area contributed by atoms with Gasteiger partial charge in [-0.3, -0.25) is 4.68 Å². The number of hydrogen-bond acceptors (Lipinski definition) is 7. The Balaban J connectivity index is 2.32. The van der Waals surface area contributed by atoms with Gasteiger partial charge in [0.25, 0.3) is 5.88 Å². The lowest BCUT2D eigenvalue weighted by molar-refractivity contribution is 0.369. The van der Waals surface area contributed by atoms with Crippen LogP contribution in [0.15, 0.2) is 18.7 Å². The zero-order chi connectivity index (χ0) is 12.3. The SMILES string of the molecule is COc1c(NN)ncnc1Oc1cnn(C)c1. The van der Waals surface area contributed by atoms with Crippen molar-refractivity contribution in [2.24, 2.45) is 12.9 Å². The van der Waals surface area contributed by atoms with Crippen LogP contribution in [0.25, 0.3) is 0 Å². The van der Waals surface area contributed by atoms with E-state index in [1.807, 2.05) is 0 Å². The van der Waals surface area contributed by atoms with Crippen LogP contribution in [0, 0.1) is 0 Å². The highest BCUT2D eigenvalue weighted by Gasteiger charge is 2.13. The Morgan fingerprint density at radius 2 is 2.24 bits per heavy atom. The van der Waals surface area contributed by atoms with Gasteiger partial charge in [-0.1, -0.05) is 0 Å². The third-order valence-corrected chi connectivity index (χ3v) is 2.01. The fourth-order valence-corrected chi connectivity index (χ4v) is 1.28. The van der Waals surface area contributed by atoms with Crippen LogP contribution < -0.4 is 20.7 Å². The van der Waals surface area contributed by atoms with Gasteiger partial charge in [0.15, 0.2) is 11.6 Å². The molecule has 2 rings (SSSR count). The quantitative estimate of drug-likeness (QED) is 0.581. The summed E-state index contributed by atoms with van der Waals surface area (Å²) >= 11 is 0. The van der Waals surface area contributed by atoms with Crippen molar-refractivity contribution in [1.29, 1.82) is 0 Å². The summed E-state index contributed by atoms with van der Waals surface area (Å²) in [5.41, 5.74) is 2.40. The molecule has 0 fully saturated rings. The number of nitrogens with zero attached hydrogens (tertiary/aromatic N) is 4. The maximum Gasteiger partial charge on any atom is 0.268 e. The predicted molar refractivity (Wildman–Crippen MR) is 59.7 cm³/mol. The second kappa shape index (κ2) is 4.66. The molecule has 0 saturated carbocycles. The molecule has 0 aliphatic carbocycles. The van der Waals surface area contributed by atoms with Crippen molar-refractivity contribution in [3.05, 3.63) is 18.7 Å². The summed E-state index contributed by atoms with van der Waals surface area (Å²) in [5, 5.41) is 3.98. The van der Waals surface area contributed by atoms with Crippen molar-refractivity contribution in [2.75, 3.05) is 12.5 Å². The number of anilines is 1. The molecule has 0 aromatic carbocycles. The second-order valence-corrected chi connectivity index (χ2v) is 3.16. The minimum absolute atomic E-state index is 0.267. The fourth-order valence-electron chi connectivity index (χ4n) is 1.28. The van der Waals surface area contributed by atoms with Gasteiger partial charge in [-0.15, -0.1) is 0 Å². The van der Waals surface area contributed by atoms with E-state index in [-0.39, 0.29) is 5.88 Å². The number of rotatable bonds is 4. The topological polar surface area (TPSA) is 100 Å². The van der Waals surface area contributed by atoms with Crippen LogP contribution in [-0.2, 0) is 7.05 Å². The van der Waals surface area contributed by atoms with Crippen molar-refractivity contribution >= 4 is 5.82 Å². The summed E-state index contributed by atoms with van der Waals surface area (Å²) in [6.45, 7) is 0. The Morgan fingerprint density at radius 1 is 1.41 bits per heavy atom. The molecule has 17 heavy (non-hydrogen) atoms. The molecule has 0 saturated heterocycles. The fraction of sp³-hybridized carbons (Fsp3) is 0.222. The summed E-state index contributed by atoms with van der Waals surface area (Å²) < 4.78 is 12.3. The lowest BCUT2D eigenvalue weighted by atomic mass is 10.5. The molecule has 0 amide bonds. The molecular formula is C9H12N6O2. The molecule has 0 radical (unpaired) electrons. The second-order valence-electron chi connectivity index (χ2n) is 3.16. The minimum atomic E-state index is 0.267. The van der Waals surface area contributed by atoms with Gasteiger partial charge in [-0.2, -0.15) is 10.1 Å². The summed E-state index contributed by atoms with van der Waals surface area (Å²) in [6, 6.07) is 0. The summed E-state index contributed by atoms with van der Waals surface area (Å²) in [4.78, 5) is 7.87. The van der Waals surface area contributed by atoms with Crippen LogP contribution in [0.1, 0.15) is 0 Å². The highest BCUT2D eigenvalue weighted by Crippen LogP contribution is 2.33. The van der Waals surface area contributed by atoms with Crippen molar-refractivity contribution in [2.45, 2.75) is 0 Å². The molecule has 0 spiro atoms. The maximum absolute atomic E-state index is 5.51. The van der Waals surface area contributed by atoms with Gasteiger partial charge in [0.2, 0.25) is 5.75 Å². The first-order valence-electron chi connectivity index (χ1n) is 4.76. The number of ether oxygens (including phenoxy) is 2. The normalized spacial score (nSPS) is 10.1. The molecular weight excluding hydrogens is 224 g/mol. The summed E-state index contributed by atoms with van der Waals surface area (Å²) in [5.74, 6) is 6.80. The van der Waals surface area contributed by atoms with E-state index in [4.69, 9.17) is 15.3 Å². The van der Waals surface area contributed by atoms with Crippen LogP contribution in [0.5, 0.6) is 17.4 Å². The highest BCUT2D eigenvalue weighted by atomic mass is 16.5. The van der Waals surface area contributed by atoms with Gasteiger partial charge in [0.05, 0.1) is 19.5 Å². The van der Waals surface area contributed by atoms with E-state index in [9.17, 15) is 0 Å². The number of hydrazine groups is 1. The molecule has 3 N–H and O–H groups in total. The number of nitrogens with one attached hydrogen (secondary N) is 1. The van der Waals surface area contributed by atoms with Crippen LogP contribution in [-0.4, -0.2) is 26.9 Å². The molecule has 0 unspecified atom stereocenters. The highest BCUT2D eigenvalue weighted by molar-refractivity contribution is 5.54. The summed E-state index contributed by atoms with van der Waals surface area (Å²) in [6.07, 6.45) is 4.59. The molecule has 90 valence electrons. The lowest BCUT2D eigenvalue weighted by Crippen LogP contribution is -2.10. The first-order chi connectivity index (χ1) is 8.24. The molecule has 0 aliphatic heterocycles. The van der Waals surface area contributed by atoms with Crippen LogP contribution >= 0.6 is 0 Å². The van der Waals surface area contributed by atoms with Crippen molar-refractivity contribution in [1.82, 2.24) is 19.7 Å². The Labute approximate surface area is 97.4 Å². The van der Waals surface area contributed by atoms with E-state index in [0.29, 0.717) is 17.3 Å². The molecule has 0 atom stereocenters. The standard InChI is InChI=1S/C9H12N6O2/c1-15-4-6(3-13-15)17-9-7(16-2)8(14-10)11-5-12-9/h3-5H,10H2,1-2H3,(H,11,12,14). The van der Waals surface area contributed by atoms with Crippen LogP contribution in [0.4, 0.5) is 5.82 Å². The number of nitrogen functional groups attached to an aromatic ring is 1. The Morgan fingerprint density at radius 3 is 2.82 bits per heavy atom.